The molecule has 1 atom stereocenters. The number of quaternary nitrogens is 1. The Balaban J connectivity index is 2.04. The smallest absolute Gasteiger partial charge is 0.341 e. The van der Waals surface area contributed by atoms with Crippen molar-refractivity contribution in [1.82, 2.24) is 0 Å². The summed E-state index contributed by atoms with van der Waals surface area (Å²) in [6, 6.07) is 5.71. The van der Waals surface area contributed by atoms with Crippen LogP contribution in [0.4, 0.5) is 5.00 Å². The number of thiophene rings is 1. The molecule has 7 nitrogen and oxygen atoms in total. The second-order valence-electron chi connectivity index (χ2n) is 6.76. The van der Waals surface area contributed by atoms with Crippen LogP contribution >= 0.6 is 11.3 Å². The van der Waals surface area contributed by atoms with E-state index >= 15 is 0 Å². The molecule has 1 amide bonds. The summed E-state index contributed by atoms with van der Waals surface area (Å²) < 4.78 is 15.7. The Morgan fingerprint density at radius 2 is 1.83 bits per heavy atom. The molecule has 0 saturated heterocycles. The summed E-state index contributed by atoms with van der Waals surface area (Å²) in [7, 11) is 5.13. The van der Waals surface area contributed by atoms with E-state index < -0.39 is 5.97 Å². The first-order valence-corrected chi connectivity index (χ1v) is 10.2. The van der Waals surface area contributed by atoms with Gasteiger partial charge in [0.25, 0.3) is 5.91 Å². The molecule has 0 aliphatic carbocycles. The van der Waals surface area contributed by atoms with Gasteiger partial charge in [0.1, 0.15) is 11.5 Å². The van der Waals surface area contributed by atoms with Crippen molar-refractivity contribution in [2.45, 2.75) is 27.3 Å². The fraction of sp³-hybridized carbons (Fsp3) is 0.429. The molecule has 158 valence electrons. The molecule has 0 aliphatic rings. The second-order valence-corrected chi connectivity index (χ2v) is 7.98. The minimum atomic E-state index is -0.407. The van der Waals surface area contributed by atoms with Gasteiger partial charge in [-0.1, -0.05) is 0 Å². The lowest BCUT2D eigenvalue weighted by atomic mass is 10.1. The third-order valence-electron chi connectivity index (χ3n) is 4.53. The van der Waals surface area contributed by atoms with Gasteiger partial charge in [-0.15, -0.1) is 11.3 Å². The molecule has 0 aliphatic heterocycles. The summed E-state index contributed by atoms with van der Waals surface area (Å²) in [6.07, 6.45) is 0. The Labute approximate surface area is 175 Å². The Bertz CT molecular complexity index is 878. The molecule has 1 heterocycles. The first-order valence-electron chi connectivity index (χ1n) is 9.39. The highest BCUT2D eigenvalue weighted by atomic mass is 32.1. The Morgan fingerprint density at radius 3 is 2.45 bits per heavy atom. The van der Waals surface area contributed by atoms with Crippen LogP contribution in [0, 0.1) is 13.8 Å². The standard InChI is InChI=1S/C21H28N2O5S/c1-7-28-21(25)19-13(2)14(3)29-20(19)22-18(24)12-23(4)11-15-8-9-16(26-5)17(10-15)27-6/h8-10H,7,11-12H2,1-6H3,(H,22,24)/p+1. The normalized spacial score (nSPS) is 11.7. The second kappa shape index (κ2) is 10.3. The highest BCUT2D eigenvalue weighted by Crippen LogP contribution is 2.33. The van der Waals surface area contributed by atoms with E-state index in [-0.39, 0.29) is 12.5 Å². The first-order chi connectivity index (χ1) is 13.8. The van der Waals surface area contributed by atoms with Crippen molar-refractivity contribution in [3.8, 4) is 11.5 Å². The van der Waals surface area contributed by atoms with E-state index in [4.69, 9.17) is 14.2 Å². The van der Waals surface area contributed by atoms with Gasteiger partial charge in [0.15, 0.2) is 18.0 Å². The summed E-state index contributed by atoms with van der Waals surface area (Å²) in [5, 5.41) is 3.43. The van der Waals surface area contributed by atoms with Crippen molar-refractivity contribution in [3.05, 3.63) is 39.8 Å². The number of anilines is 1. The minimum absolute atomic E-state index is 0.158. The van der Waals surface area contributed by atoms with Gasteiger partial charge in [-0.2, -0.15) is 0 Å². The fourth-order valence-corrected chi connectivity index (χ4v) is 4.08. The zero-order chi connectivity index (χ0) is 21.6. The van der Waals surface area contributed by atoms with Crippen molar-refractivity contribution in [3.63, 3.8) is 0 Å². The largest absolute Gasteiger partial charge is 0.493 e. The van der Waals surface area contributed by atoms with Crippen LogP contribution in [0.5, 0.6) is 11.5 Å². The molecule has 0 bridgehead atoms. The number of hydrogen-bond donors (Lipinski definition) is 2. The molecule has 1 aromatic carbocycles. The highest BCUT2D eigenvalue weighted by molar-refractivity contribution is 7.16. The summed E-state index contributed by atoms with van der Waals surface area (Å²) in [5.41, 5.74) is 2.32. The van der Waals surface area contributed by atoms with Gasteiger partial charge >= 0.3 is 5.97 Å². The zero-order valence-electron chi connectivity index (χ0n) is 17.8. The average Bonchev–Trinajstić information content (AvgIpc) is 2.94. The number of amides is 1. The maximum atomic E-state index is 12.6. The number of aryl methyl sites for hydroxylation is 1. The lowest BCUT2D eigenvalue weighted by molar-refractivity contribution is -0.885. The van der Waals surface area contributed by atoms with E-state index in [2.05, 4.69) is 5.32 Å². The number of hydrogen-bond acceptors (Lipinski definition) is 6. The number of benzene rings is 1. The summed E-state index contributed by atoms with van der Waals surface area (Å²) in [4.78, 5) is 26.8. The summed E-state index contributed by atoms with van der Waals surface area (Å²) in [5.74, 6) is 0.762. The molecule has 2 aromatic rings. The van der Waals surface area contributed by atoms with Gasteiger partial charge in [0.2, 0.25) is 0 Å². The van der Waals surface area contributed by atoms with Crippen LogP contribution in [0.3, 0.4) is 0 Å². The Morgan fingerprint density at radius 1 is 1.14 bits per heavy atom. The number of esters is 1. The van der Waals surface area contributed by atoms with Crippen molar-refractivity contribution in [1.29, 1.82) is 0 Å². The molecule has 0 saturated carbocycles. The van der Waals surface area contributed by atoms with Crippen LogP contribution in [-0.2, 0) is 16.1 Å². The van der Waals surface area contributed by atoms with Crippen molar-refractivity contribution in [2.75, 3.05) is 39.7 Å². The molecular formula is C21H29N2O5S+. The van der Waals surface area contributed by atoms with Crippen molar-refractivity contribution >= 4 is 28.2 Å². The number of likely N-dealkylation sites (N-methyl/N-ethyl adjacent to an activating group) is 1. The monoisotopic (exact) mass is 421 g/mol. The van der Waals surface area contributed by atoms with Crippen molar-refractivity contribution in [2.24, 2.45) is 0 Å². The molecule has 8 heteroatoms. The van der Waals surface area contributed by atoms with Gasteiger partial charge in [0, 0.05) is 10.4 Å². The van der Waals surface area contributed by atoms with E-state index in [0.29, 0.717) is 35.2 Å². The highest BCUT2D eigenvalue weighted by Gasteiger charge is 2.23. The molecular weight excluding hydrogens is 392 g/mol. The molecule has 29 heavy (non-hydrogen) atoms. The SMILES string of the molecule is CCOC(=O)c1c(NC(=O)C[NH+](C)Cc2ccc(OC)c(OC)c2)sc(C)c1C. The maximum Gasteiger partial charge on any atom is 0.341 e. The molecule has 0 radical (unpaired) electrons. The van der Waals surface area contributed by atoms with Gasteiger partial charge in [-0.3, -0.25) is 4.79 Å². The first kappa shape index (κ1) is 22.7. The van der Waals surface area contributed by atoms with Gasteiger partial charge in [-0.25, -0.2) is 4.79 Å². The predicted octanol–water partition coefficient (Wildman–Crippen LogP) is 2.21. The Hall–Kier alpha value is -2.58. The van der Waals surface area contributed by atoms with E-state index in [1.807, 2.05) is 39.1 Å². The molecule has 0 fully saturated rings. The minimum Gasteiger partial charge on any atom is -0.493 e. The van der Waals surface area contributed by atoms with Crippen LogP contribution in [0.2, 0.25) is 0 Å². The molecule has 0 spiro atoms. The van der Waals surface area contributed by atoms with E-state index in [1.165, 1.54) is 11.3 Å². The lowest BCUT2D eigenvalue weighted by Gasteiger charge is -2.15. The fourth-order valence-electron chi connectivity index (χ4n) is 3.01. The maximum absolute atomic E-state index is 12.6. The molecule has 1 aromatic heterocycles. The van der Waals surface area contributed by atoms with Crippen molar-refractivity contribution < 1.29 is 28.7 Å². The van der Waals surface area contributed by atoms with Crippen LogP contribution in [0.1, 0.15) is 33.3 Å². The van der Waals surface area contributed by atoms with Crippen LogP contribution in [0.25, 0.3) is 0 Å². The quantitative estimate of drug-likeness (QED) is 0.607. The predicted molar refractivity (Wildman–Crippen MR) is 113 cm³/mol. The van der Waals surface area contributed by atoms with Crippen LogP contribution < -0.4 is 19.7 Å². The lowest BCUT2D eigenvalue weighted by Crippen LogP contribution is -3.08. The van der Waals surface area contributed by atoms with Gasteiger partial charge < -0.3 is 24.4 Å². The van der Waals surface area contributed by atoms with Gasteiger partial charge in [-0.05, 0) is 44.5 Å². The van der Waals surface area contributed by atoms with E-state index in [0.717, 1.165) is 20.9 Å². The number of carbonyl (C=O) groups is 2. The van der Waals surface area contributed by atoms with Gasteiger partial charge in [0.05, 0.1) is 33.4 Å². The topological polar surface area (TPSA) is 78.3 Å². The third kappa shape index (κ3) is 5.71. The molecule has 2 N–H and O–H groups in total. The number of methoxy groups -OCH3 is 2. The summed E-state index contributed by atoms with van der Waals surface area (Å²) >= 11 is 1.39. The van der Waals surface area contributed by atoms with Crippen LogP contribution in [-0.4, -0.2) is 46.3 Å². The Kier molecular flexibility index (Phi) is 8.04. The average molecular weight is 422 g/mol. The van der Waals surface area contributed by atoms with E-state index in [9.17, 15) is 9.59 Å². The molecule has 1 unspecified atom stereocenters. The number of rotatable bonds is 9. The van der Waals surface area contributed by atoms with E-state index in [1.54, 1.807) is 21.1 Å². The summed E-state index contributed by atoms with van der Waals surface area (Å²) in [6.45, 7) is 6.73. The number of ether oxygens (including phenoxy) is 3. The number of nitrogens with one attached hydrogen (secondary N) is 2. The zero-order valence-corrected chi connectivity index (χ0v) is 18.6. The molecule has 2 rings (SSSR count). The third-order valence-corrected chi connectivity index (χ3v) is 5.66. The number of carbonyl (C=O) groups excluding carboxylic acids is 2. The van der Waals surface area contributed by atoms with Crippen LogP contribution in [0.15, 0.2) is 18.2 Å².